The molecule has 0 saturated heterocycles. The molecule has 0 spiro atoms. The van der Waals surface area contributed by atoms with E-state index >= 15 is 0 Å². The quantitative estimate of drug-likeness (QED) is 0.559. The number of hydrogen-bond acceptors (Lipinski definition) is 0. The minimum Gasteiger partial charge on any atom is -0.0655 e. The molecule has 0 N–H and O–H groups in total. The van der Waals surface area contributed by atoms with Crippen LogP contribution in [-0.4, -0.2) is 7.85 Å². The van der Waals surface area contributed by atoms with Crippen LogP contribution in [0.1, 0.15) is 30.3 Å². The van der Waals surface area contributed by atoms with Gasteiger partial charge in [0.15, 0.2) is 0 Å². The molecule has 0 nitrogen and oxygen atoms in total. The van der Waals surface area contributed by atoms with E-state index in [4.69, 9.17) is 7.85 Å². The summed E-state index contributed by atoms with van der Waals surface area (Å²) >= 11 is 0. The first kappa shape index (κ1) is 8.38. The maximum Gasteiger partial charge on any atom is 0.0763 e. The van der Waals surface area contributed by atoms with Crippen molar-refractivity contribution in [2.75, 3.05) is 0 Å². The molecule has 0 saturated carbocycles. The lowest BCUT2D eigenvalue weighted by Gasteiger charge is -2.11. The lowest BCUT2D eigenvalue weighted by molar-refractivity contribution is 0.874. The predicted octanol–water partition coefficient (Wildman–Crippen LogP) is 2.61. The van der Waals surface area contributed by atoms with Crippen molar-refractivity contribution in [3.05, 3.63) is 35.4 Å². The van der Waals surface area contributed by atoms with Crippen molar-refractivity contribution in [2.45, 2.75) is 26.1 Å². The zero-order chi connectivity index (χ0) is 8.27. The third kappa shape index (κ3) is 1.86. The Hall–Kier alpha value is -0.715. The van der Waals surface area contributed by atoms with E-state index in [0.29, 0.717) is 0 Å². The third-order valence-electron chi connectivity index (χ3n) is 2.03. The maximum absolute atomic E-state index is 5.90. The van der Waals surface area contributed by atoms with Crippen molar-refractivity contribution in [1.29, 1.82) is 0 Å². The highest BCUT2D eigenvalue weighted by atomic mass is 14.0. The van der Waals surface area contributed by atoms with E-state index in [1.165, 1.54) is 11.1 Å². The highest BCUT2D eigenvalue weighted by Crippen LogP contribution is 2.18. The molecule has 0 amide bonds. The van der Waals surface area contributed by atoms with Gasteiger partial charge in [0.2, 0.25) is 0 Å². The van der Waals surface area contributed by atoms with E-state index in [2.05, 4.69) is 26.0 Å². The molecule has 56 valence electrons. The summed E-state index contributed by atoms with van der Waals surface area (Å²) < 4.78 is 0. The molecule has 2 radical (unpaired) electrons. The largest absolute Gasteiger partial charge is 0.0763 e. The SMILES string of the molecule is [B]C(CC)c1ccccc1C. The molecule has 1 aromatic carbocycles. The van der Waals surface area contributed by atoms with E-state index < -0.39 is 0 Å². The maximum atomic E-state index is 5.90. The standard InChI is InChI=1S/C10H13B/c1-3-10(11)9-7-5-4-6-8(9)2/h4-7,10H,3H2,1-2H3. The Bertz CT molecular complexity index is 230. The Morgan fingerprint density at radius 1 is 1.36 bits per heavy atom. The molecule has 0 heterocycles. The van der Waals surface area contributed by atoms with Crippen LogP contribution in [0.5, 0.6) is 0 Å². The summed E-state index contributed by atoms with van der Waals surface area (Å²) in [6.45, 7) is 4.21. The van der Waals surface area contributed by atoms with E-state index in [9.17, 15) is 0 Å². The van der Waals surface area contributed by atoms with Crippen LogP contribution in [0, 0.1) is 6.92 Å². The molecule has 1 heteroatoms. The molecular formula is C10H13B. The molecule has 0 aliphatic heterocycles. The van der Waals surface area contributed by atoms with Gasteiger partial charge in [-0.1, -0.05) is 49.0 Å². The normalized spacial score (nSPS) is 12.9. The van der Waals surface area contributed by atoms with Crippen LogP contribution >= 0.6 is 0 Å². The van der Waals surface area contributed by atoms with Gasteiger partial charge in [-0.15, -0.1) is 0 Å². The fraction of sp³-hybridized carbons (Fsp3) is 0.400. The third-order valence-corrected chi connectivity index (χ3v) is 2.03. The number of benzene rings is 1. The summed E-state index contributed by atoms with van der Waals surface area (Å²) in [5, 5.41) is 0. The Morgan fingerprint density at radius 3 is 2.55 bits per heavy atom. The summed E-state index contributed by atoms with van der Waals surface area (Å²) in [6, 6.07) is 8.29. The Labute approximate surface area is 70.0 Å². The molecular weight excluding hydrogens is 131 g/mol. The Kier molecular flexibility index (Phi) is 2.75. The monoisotopic (exact) mass is 144 g/mol. The fourth-order valence-electron chi connectivity index (χ4n) is 1.22. The van der Waals surface area contributed by atoms with Crippen LogP contribution in [0.15, 0.2) is 24.3 Å². The zero-order valence-electron chi connectivity index (χ0n) is 7.17. The first-order valence-electron chi connectivity index (χ1n) is 4.06. The Morgan fingerprint density at radius 2 is 2.00 bits per heavy atom. The van der Waals surface area contributed by atoms with Crippen LogP contribution in [0.3, 0.4) is 0 Å². The van der Waals surface area contributed by atoms with Gasteiger partial charge < -0.3 is 0 Å². The van der Waals surface area contributed by atoms with E-state index in [1.807, 2.05) is 12.1 Å². The smallest absolute Gasteiger partial charge is 0.0655 e. The van der Waals surface area contributed by atoms with Gasteiger partial charge in [0.25, 0.3) is 0 Å². The number of hydrogen-bond donors (Lipinski definition) is 0. The molecule has 1 rings (SSSR count). The lowest BCUT2D eigenvalue weighted by Crippen LogP contribution is -1.98. The van der Waals surface area contributed by atoms with Gasteiger partial charge in [-0.3, -0.25) is 0 Å². The van der Waals surface area contributed by atoms with Crippen LogP contribution < -0.4 is 0 Å². The Balaban J connectivity index is 2.93. The molecule has 1 atom stereocenters. The van der Waals surface area contributed by atoms with Gasteiger partial charge in [0, 0.05) is 0 Å². The second-order valence-corrected chi connectivity index (χ2v) is 2.87. The molecule has 0 bridgehead atoms. The minimum atomic E-state index is 0.205. The van der Waals surface area contributed by atoms with E-state index in [-0.39, 0.29) is 5.82 Å². The van der Waals surface area contributed by atoms with Crippen LogP contribution in [0.25, 0.3) is 0 Å². The van der Waals surface area contributed by atoms with Gasteiger partial charge in [-0.25, -0.2) is 0 Å². The van der Waals surface area contributed by atoms with Crippen LogP contribution in [-0.2, 0) is 0 Å². The van der Waals surface area contributed by atoms with Crippen molar-refractivity contribution in [3.63, 3.8) is 0 Å². The zero-order valence-corrected chi connectivity index (χ0v) is 7.17. The van der Waals surface area contributed by atoms with Gasteiger partial charge in [0.05, 0.1) is 7.85 Å². The van der Waals surface area contributed by atoms with Crippen LogP contribution in [0.4, 0.5) is 0 Å². The molecule has 11 heavy (non-hydrogen) atoms. The average Bonchev–Trinajstić information content (AvgIpc) is 2.04. The lowest BCUT2D eigenvalue weighted by atomic mass is 9.77. The first-order valence-corrected chi connectivity index (χ1v) is 4.06. The second kappa shape index (κ2) is 3.61. The highest BCUT2D eigenvalue weighted by Gasteiger charge is 2.03. The van der Waals surface area contributed by atoms with E-state index in [1.54, 1.807) is 0 Å². The van der Waals surface area contributed by atoms with Crippen molar-refractivity contribution in [1.82, 2.24) is 0 Å². The van der Waals surface area contributed by atoms with Crippen molar-refractivity contribution in [2.24, 2.45) is 0 Å². The molecule has 0 aromatic heterocycles. The van der Waals surface area contributed by atoms with Gasteiger partial charge in [-0.2, -0.15) is 0 Å². The van der Waals surface area contributed by atoms with Crippen molar-refractivity contribution in [3.8, 4) is 0 Å². The number of rotatable bonds is 2. The summed E-state index contributed by atoms with van der Waals surface area (Å²) in [6.07, 6.45) is 1.00. The summed E-state index contributed by atoms with van der Waals surface area (Å²) in [7, 11) is 5.90. The van der Waals surface area contributed by atoms with E-state index in [0.717, 1.165) is 6.42 Å². The topological polar surface area (TPSA) is 0 Å². The predicted molar refractivity (Wildman–Crippen MR) is 50.0 cm³/mol. The second-order valence-electron chi connectivity index (χ2n) is 2.87. The fourth-order valence-corrected chi connectivity index (χ4v) is 1.22. The van der Waals surface area contributed by atoms with Gasteiger partial charge >= 0.3 is 0 Å². The van der Waals surface area contributed by atoms with Gasteiger partial charge in [-0.05, 0) is 12.5 Å². The average molecular weight is 144 g/mol. The molecule has 0 fully saturated rings. The summed E-state index contributed by atoms with van der Waals surface area (Å²) in [5.41, 5.74) is 2.57. The van der Waals surface area contributed by atoms with Gasteiger partial charge in [0.1, 0.15) is 0 Å². The van der Waals surface area contributed by atoms with Crippen molar-refractivity contribution < 1.29 is 0 Å². The number of aryl methyl sites for hydroxylation is 1. The highest BCUT2D eigenvalue weighted by molar-refractivity contribution is 6.12. The molecule has 1 unspecified atom stereocenters. The molecule has 0 aliphatic carbocycles. The minimum absolute atomic E-state index is 0.205. The summed E-state index contributed by atoms with van der Waals surface area (Å²) in [5.74, 6) is 0.205. The first-order chi connectivity index (χ1) is 5.25. The van der Waals surface area contributed by atoms with Crippen LogP contribution in [0.2, 0.25) is 0 Å². The molecule has 0 aliphatic rings. The molecule has 1 aromatic rings. The summed E-state index contributed by atoms with van der Waals surface area (Å²) in [4.78, 5) is 0. The van der Waals surface area contributed by atoms with Crippen molar-refractivity contribution >= 4 is 7.85 Å².